The minimum Gasteiger partial charge on any atom is -0.298 e. The van der Waals surface area contributed by atoms with Crippen molar-refractivity contribution in [1.82, 2.24) is 9.78 Å². The fourth-order valence-corrected chi connectivity index (χ4v) is 2.27. The summed E-state index contributed by atoms with van der Waals surface area (Å²) in [5.41, 5.74) is 2.46. The van der Waals surface area contributed by atoms with E-state index in [-0.39, 0.29) is 0 Å². The molecule has 0 saturated heterocycles. The zero-order valence-corrected chi connectivity index (χ0v) is 9.54. The number of carbonyl (C=O) groups is 1. The quantitative estimate of drug-likeness (QED) is 0.744. The Labute approximate surface area is 92.4 Å². The molecule has 0 amide bonds. The van der Waals surface area contributed by atoms with Crippen molar-refractivity contribution in [2.24, 2.45) is 0 Å². The van der Waals surface area contributed by atoms with Crippen LogP contribution in [0.15, 0.2) is 17.5 Å². The van der Waals surface area contributed by atoms with E-state index in [1.165, 1.54) is 4.88 Å². The van der Waals surface area contributed by atoms with Crippen molar-refractivity contribution in [3.63, 3.8) is 0 Å². The first-order valence-electron chi connectivity index (χ1n) is 4.74. The topological polar surface area (TPSA) is 34.9 Å². The summed E-state index contributed by atoms with van der Waals surface area (Å²) >= 11 is 1.70. The number of hydrogen-bond donors (Lipinski definition) is 0. The predicted molar refractivity (Wildman–Crippen MR) is 60.5 cm³/mol. The summed E-state index contributed by atoms with van der Waals surface area (Å²) in [6.07, 6.45) is 0.878. The Hall–Kier alpha value is -1.42. The second kappa shape index (κ2) is 3.98. The highest BCUT2D eigenvalue weighted by molar-refractivity contribution is 7.09. The van der Waals surface area contributed by atoms with Crippen molar-refractivity contribution in [2.75, 3.05) is 0 Å². The van der Waals surface area contributed by atoms with Gasteiger partial charge < -0.3 is 0 Å². The van der Waals surface area contributed by atoms with Gasteiger partial charge in [0.25, 0.3) is 0 Å². The molecule has 2 aromatic rings. The van der Waals surface area contributed by atoms with Gasteiger partial charge in [0, 0.05) is 10.6 Å². The van der Waals surface area contributed by atoms with Gasteiger partial charge in [0.05, 0.1) is 17.8 Å². The van der Waals surface area contributed by atoms with Gasteiger partial charge in [-0.3, -0.25) is 9.48 Å². The normalized spacial score (nSPS) is 10.5. The SMILES string of the molecule is Cc1nn(Cc2cccs2)c(C)c1C=O. The Morgan fingerprint density at radius 3 is 2.87 bits per heavy atom. The average molecular weight is 220 g/mol. The largest absolute Gasteiger partial charge is 0.298 e. The Bertz CT molecular complexity index is 471. The third-order valence-corrected chi connectivity index (χ3v) is 3.30. The van der Waals surface area contributed by atoms with E-state index in [1.54, 1.807) is 11.3 Å². The highest BCUT2D eigenvalue weighted by Gasteiger charge is 2.10. The van der Waals surface area contributed by atoms with E-state index in [1.807, 2.05) is 30.0 Å². The number of aromatic nitrogens is 2. The third kappa shape index (κ3) is 1.85. The number of hydrogen-bond acceptors (Lipinski definition) is 3. The second-order valence-corrected chi connectivity index (χ2v) is 4.47. The monoisotopic (exact) mass is 220 g/mol. The lowest BCUT2D eigenvalue weighted by Gasteiger charge is -2.01. The lowest BCUT2D eigenvalue weighted by molar-refractivity contribution is 0.112. The fraction of sp³-hybridized carbons (Fsp3) is 0.273. The van der Waals surface area contributed by atoms with E-state index in [9.17, 15) is 4.79 Å². The summed E-state index contributed by atoms with van der Waals surface area (Å²) in [5, 5.41) is 6.39. The summed E-state index contributed by atoms with van der Waals surface area (Å²) in [7, 11) is 0. The summed E-state index contributed by atoms with van der Waals surface area (Å²) in [5.74, 6) is 0. The smallest absolute Gasteiger partial charge is 0.153 e. The Kier molecular flexibility index (Phi) is 2.68. The molecule has 78 valence electrons. The Balaban J connectivity index is 2.33. The van der Waals surface area contributed by atoms with Crippen molar-refractivity contribution in [1.29, 1.82) is 0 Å². The van der Waals surface area contributed by atoms with Crippen molar-refractivity contribution in [3.8, 4) is 0 Å². The maximum atomic E-state index is 10.8. The molecule has 0 unspecified atom stereocenters. The molecule has 0 aliphatic rings. The van der Waals surface area contributed by atoms with Crippen LogP contribution in [0.5, 0.6) is 0 Å². The molecular formula is C11H12N2OS. The number of aryl methyl sites for hydroxylation is 1. The molecule has 0 N–H and O–H groups in total. The van der Waals surface area contributed by atoms with Crippen LogP contribution >= 0.6 is 11.3 Å². The van der Waals surface area contributed by atoms with Crippen molar-refractivity contribution in [3.05, 3.63) is 39.3 Å². The lowest BCUT2D eigenvalue weighted by Crippen LogP contribution is -2.02. The molecular weight excluding hydrogens is 208 g/mol. The summed E-state index contributed by atoms with van der Waals surface area (Å²) in [6.45, 7) is 4.54. The van der Waals surface area contributed by atoms with Crippen LogP contribution in [0.1, 0.15) is 26.6 Å². The van der Waals surface area contributed by atoms with Gasteiger partial charge in [-0.05, 0) is 25.3 Å². The molecule has 0 bridgehead atoms. The van der Waals surface area contributed by atoms with Gasteiger partial charge in [-0.25, -0.2) is 0 Å². The van der Waals surface area contributed by atoms with Crippen LogP contribution in [-0.4, -0.2) is 16.1 Å². The Morgan fingerprint density at radius 1 is 1.53 bits per heavy atom. The zero-order valence-electron chi connectivity index (χ0n) is 8.73. The van der Waals surface area contributed by atoms with Crippen molar-refractivity contribution >= 4 is 17.6 Å². The molecule has 3 nitrogen and oxygen atoms in total. The molecule has 0 aliphatic heterocycles. The van der Waals surface area contributed by atoms with Gasteiger partial charge in [0.1, 0.15) is 0 Å². The molecule has 2 heterocycles. The van der Waals surface area contributed by atoms with Crippen LogP contribution in [0.4, 0.5) is 0 Å². The van der Waals surface area contributed by atoms with Gasteiger partial charge >= 0.3 is 0 Å². The highest BCUT2D eigenvalue weighted by Crippen LogP contribution is 2.15. The molecule has 15 heavy (non-hydrogen) atoms. The van der Waals surface area contributed by atoms with E-state index < -0.39 is 0 Å². The molecule has 4 heteroatoms. The molecule has 2 aromatic heterocycles. The van der Waals surface area contributed by atoms with Crippen LogP contribution < -0.4 is 0 Å². The van der Waals surface area contributed by atoms with Crippen LogP contribution in [0, 0.1) is 13.8 Å². The van der Waals surface area contributed by atoms with Crippen LogP contribution in [0.3, 0.4) is 0 Å². The standard InChI is InChI=1S/C11H12N2OS/c1-8-11(7-14)9(2)13(12-8)6-10-4-3-5-15-10/h3-5,7H,6H2,1-2H3. The van der Waals surface area contributed by atoms with Gasteiger partial charge in [-0.15, -0.1) is 11.3 Å². The molecule has 0 radical (unpaired) electrons. The minimum atomic E-state index is 0.714. The highest BCUT2D eigenvalue weighted by atomic mass is 32.1. The van der Waals surface area contributed by atoms with E-state index >= 15 is 0 Å². The van der Waals surface area contributed by atoms with E-state index in [0.717, 1.165) is 24.2 Å². The predicted octanol–water partition coefficient (Wildman–Crippen LogP) is 2.42. The number of thiophene rings is 1. The molecule has 0 spiro atoms. The number of aldehydes is 1. The number of rotatable bonds is 3. The van der Waals surface area contributed by atoms with Gasteiger partial charge in [-0.2, -0.15) is 5.10 Å². The van der Waals surface area contributed by atoms with Crippen molar-refractivity contribution < 1.29 is 4.79 Å². The van der Waals surface area contributed by atoms with Crippen LogP contribution in [0.2, 0.25) is 0 Å². The second-order valence-electron chi connectivity index (χ2n) is 3.44. The Morgan fingerprint density at radius 2 is 2.33 bits per heavy atom. The first-order chi connectivity index (χ1) is 7.22. The summed E-state index contributed by atoms with van der Waals surface area (Å²) in [6, 6.07) is 4.09. The molecule has 0 aliphatic carbocycles. The van der Waals surface area contributed by atoms with Crippen LogP contribution in [-0.2, 0) is 6.54 Å². The maximum absolute atomic E-state index is 10.8. The lowest BCUT2D eigenvalue weighted by atomic mass is 10.2. The summed E-state index contributed by atoms with van der Waals surface area (Å²) in [4.78, 5) is 12.1. The number of carbonyl (C=O) groups excluding carboxylic acids is 1. The van der Waals surface area contributed by atoms with Crippen molar-refractivity contribution in [2.45, 2.75) is 20.4 Å². The van der Waals surface area contributed by atoms with Crippen LogP contribution in [0.25, 0.3) is 0 Å². The molecule has 0 atom stereocenters. The summed E-state index contributed by atoms with van der Waals surface area (Å²) < 4.78 is 1.88. The van der Waals surface area contributed by atoms with E-state index in [2.05, 4.69) is 11.2 Å². The molecule has 0 fully saturated rings. The first-order valence-corrected chi connectivity index (χ1v) is 5.62. The molecule has 0 saturated carbocycles. The number of nitrogens with zero attached hydrogens (tertiary/aromatic N) is 2. The molecule has 2 rings (SSSR count). The van der Waals surface area contributed by atoms with Gasteiger partial charge in [0.2, 0.25) is 0 Å². The van der Waals surface area contributed by atoms with E-state index in [0.29, 0.717) is 5.56 Å². The zero-order chi connectivity index (χ0) is 10.8. The fourth-order valence-electron chi connectivity index (χ4n) is 1.59. The average Bonchev–Trinajstić information content (AvgIpc) is 2.78. The molecule has 0 aromatic carbocycles. The van der Waals surface area contributed by atoms with E-state index in [4.69, 9.17) is 0 Å². The van der Waals surface area contributed by atoms with Gasteiger partial charge in [0.15, 0.2) is 6.29 Å². The third-order valence-electron chi connectivity index (χ3n) is 2.44. The maximum Gasteiger partial charge on any atom is 0.153 e. The first kappa shape index (κ1) is 10.1. The minimum absolute atomic E-state index is 0.714. The van der Waals surface area contributed by atoms with Gasteiger partial charge in [-0.1, -0.05) is 6.07 Å².